The van der Waals surface area contributed by atoms with Gasteiger partial charge in [0.1, 0.15) is 0 Å². The fraction of sp³-hybridized carbons (Fsp3) is 0.167. The Labute approximate surface area is 88.2 Å². The third-order valence-electron chi connectivity index (χ3n) is 2.68. The summed E-state index contributed by atoms with van der Waals surface area (Å²) in [5.74, 6) is 0.891. The predicted octanol–water partition coefficient (Wildman–Crippen LogP) is 2.32. The highest BCUT2D eigenvalue weighted by molar-refractivity contribution is 5.63. The van der Waals surface area contributed by atoms with Crippen LogP contribution in [0.15, 0.2) is 36.7 Å². The summed E-state index contributed by atoms with van der Waals surface area (Å²) in [5.41, 5.74) is 3.53. The third kappa shape index (κ3) is 1.46. The largest absolute Gasteiger partial charge is 0.338 e. The molecule has 3 heteroatoms. The van der Waals surface area contributed by atoms with Crippen LogP contribution in [0.2, 0.25) is 0 Å². The number of para-hydroxylation sites is 1. The van der Waals surface area contributed by atoms with Gasteiger partial charge in [-0.15, -0.1) is 0 Å². The third-order valence-corrected chi connectivity index (χ3v) is 2.68. The zero-order valence-corrected chi connectivity index (χ0v) is 8.27. The molecule has 0 spiro atoms. The number of hydrogen-bond donors (Lipinski definition) is 1. The van der Waals surface area contributed by atoms with E-state index in [0.29, 0.717) is 0 Å². The Bertz CT molecular complexity index is 448. The maximum Gasteiger partial charge on any atom is 0.152 e. The van der Waals surface area contributed by atoms with E-state index in [0.717, 1.165) is 30.0 Å². The number of benzene rings is 1. The van der Waals surface area contributed by atoms with Gasteiger partial charge in [-0.1, -0.05) is 18.2 Å². The van der Waals surface area contributed by atoms with Crippen LogP contribution in [0.5, 0.6) is 0 Å². The van der Waals surface area contributed by atoms with Crippen molar-refractivity contribution in [3.05, 3.63) is 47.9 Å². The molecule has 0 atom stereocenters. The lowest BCUT2D eigenvalue weighted by molar-refractivity contribution is 0.919. The number of fused-ring (bicyclic) bond motifs is 2. The quantitative estimate of drug-likeness (QED) is 0.704. The van der Waals surface area contributed by atoms with Crippen LogP contribution in [0, 0.1) is 0 Å². The highest BCUT2D eigenvalue weighted by atomic mass is 15.0. The molecule has 1 aliphatic rings. The first kappa shape index (κ1) is 8.41. The minimum atomic E-state index is 0.891. The first-order valence-electron chi connectivity index (χ1n) is 5.08. The standard InChI is InChI=1S/C12H11N3/c1-2-4-10-9(3-1)5-6-11-12(15-10)14-8-7-13-11/h1-4,7-8H,5-6H2,(H,14,15). The molecule has 0 bridgehead atoms. The lowest BCUT2D eigenvalue weighted by Crippen LogP contribution is -1.97. The summed E-state index contributed by atoms with van der Waals surface area (Å²) < 4.78 is 0. The van der Waals surface area contributed by atoms with Crippen molar-refractivity contribution in [2.75, 3.05) is 5.32 Å². The molecule has 2 aromatic rings. The topological polar surface area (TPSA) is 37.8 Å². The number of hydrogen-bond acceptors (Lipinski definition) is 3. The molecule has 0 aliphatic carbocycles. The van der Waals surface area contributed by atoms with E-state index in [1.165, 1.54) is 5.56 Å². The molecule has 1 aromatic carbocycles. The summed E-state index contributed by atoms with van der Waals surface area (Å²) >= 11 is 0. The molecule has 15 heavy (non-hydrogen) atoms. The van der Waals surface area contributed by atoms with Crippen LogP contribution in [0.1, 0.15) is 11.3 Å². The van der Waals surface area contributed by atoms with Crippen molar-refractivity contribution in [3.63, 3.8) is 0 Å². The Hall–Kier alpha value is -1.90. The monoisotopic (exact) mass is 197 g/mol. The van der Waals surface area contributed by atoms with Gasteiger partial charge in [0.05, 0.1) is 5.69 Å². The summed E-state index contributed by atoms with van der Waals surface area (Å²) in [7, 11) is 0. The summed E-state index contributed by atoms with van der Waals surface area (Å²) in [6.07, 6.45) is 5.44. The number of aromatic nitrogens is 2. The summed E-state index contributed by atoms with van der Waals surface area (Å²) in [6.45, 7) is 0. The Morgan fingerprint density at radius 1 is 1.00 bits per heavy atom. The number of nitrogens with zero attached hydrogens (tertiary/aromatic N) is 2. The molecule has 0 fully saturated rings. The van der Waals surface area contributed by atoms with E-state index >= 15 is 0 Å². The van der Waals surface area contributed by atoms with Gasteiger partial charge in [-0.2, -0.15) is 0 Å². The van der Waals surface area contributed by atoms with Crippen LogP contribution in [-0.4, -0.2) is 9.97 Å². The molecule has 0 amide bonds. The molecule has 74 valence electrons. The smallest absolute Gasteiger partial charge is 0.152 e. The zero-order valence-electron chi connectivity index (χ0n) is 8.27. The Morgan fingerprint density at radius 2 is 1.87 bits per heavy atom. The van der Waals surface area contributed by atoms with Crippen LogP contribution in [0.25, 0.3) is 0 Å². The van der Waals surface area contributed by atoms with E-state index in [1.807, 2.05) is 6.07 Å². The Balaban J connectivity index is 2.10. The van der Waals surface area contributed by atoms with E-state index in [9.17, 15) is 0 Å². The van der Waals surface area contributed by atoms with Crippen molar-refractivity contribution in [2.45, 2.75) is 12.8 Å². The van der Waals surface area contributed by atoms with Gasteiger partial charge in [-0.3, -0.25) is 4.98 Å². The highest BCUT2D eigenvalue weighted by Gasteiger charge is 2.12. The molecule has 1 aliphatic heterocycles. The van der Waals surface area contributed by atoms with Crippen molar-refractivity contribution < 1.29 is 0 Å². The summed E-state index contributed by atoms with van der Waals surface area (Å²) in [6, 6.07) is 8.33. The minimum absolute atomic E-state index is 0.891. The van der Waals surface area contributed by atoms with Gasteiger partial charge in [0.2, 0.25) is 0 Å². The van der Waals surface area contributed by atoms with Crippen molar-refractivity contribution in [1.29, 1.82) is 0 Å². The SMILES string of the molecule is c1ccc2c(c1)CCc1nccnc1N2. The number of anilines is 2. The first-order chi connectivity index (χ1) is 7.43. The molecule has 2 heterocycles. The van der Waals surface area contributed by atoms with Crippen molar-refractivity contribution in [2.24, 2.45) is 0 Å². The summed E-state index contributed by atoms with van der Waals surface area (Å²) in [5, 5.41) is 3.33. The second kappa shape index (κ2) is 3.35. The average molecular weight is 197 g/mol. The van der Waals surface area contributed by atoms with Crippen LogP contribution in [0.3, 0.4) is 0 Å². The normalized spacial score (nSPS) is 13.3. The van der Waals surface area contributed by atoms with Crippen LogP contribution >= 0.6 is 0 Å². The maximum atomic E-state index is 4.34. The molecule has 0 radical (unpaired) electrons. The van der Waals surface area contributed by atoms with Crippen LogP contribution in [0.4, 0.5) is 11.5 Å². The highest BCUT2D eigenvalue weighted by Crippen LogP contribution is 2.26. The molecule has 1 aromatic heterocycles. The second-order valence-corrected chi connectivity index (χ2v) is 3.63. The lowest BCUT2D eigenvalue weighted by atomic mass is 10.1. The van der Waals surface area contributed by atoms with E-state index in [-0.39, 0.29) is 0 Å². The van der Waals surface area contributed by atoms with Crippen molar-refractivity contribution in [3.8, 4) is 0 Å². The van der Waals surface area contributed by atoms with Gasteiger partial charge in [0, 0.05) is 18.1 Å². The zero-order chi connectivity index (χ0) is 10.1. The number of aryl methyl sites for hydroxylation is 2. The van der Waals surface area contributed by atoms with Crippen LogP contribution < -0.4 is 5.32 Å². The van der Waals surface area contributed by atoms with Gasteiger partial charge in [0.15, 0.2) is 5.82 Å². The average Bonchev–Trinajstić information content (AvgIpc) is 2.48. The molecule has 0 saturated heterocycles. The molecule has 3 nitrogen and oxygen atoms in total. The summed E-state index contributed by atoms with van der Waals surface area (Å²) in [4.78, 5) is 8.64. The molecule has 0 saturated carbocycles. The minimum Gasteiger partial charge on any atom is -0.338 e. The fourth-order valence-corrected chi connectivity index (χ4v) is 1.90. The van der Waals surface area contributed by atoms with Crippen molar-refractivity contribution in [1.82, 2.24) is 9.97 Å². The number of rotatable bonds is 0. The van der Waals surface area contributed by atoms with Gasteiger partial charge in [-0.25, -0.2) is 4.98 Å². The molecular weight excluding hydrogens is 186 g/mol. The lowest BCUT2D eigenvalue weighted by Gasteiger charge is -2.06. The van der Waals surface area contributed by atoms with Gasteiger partial charge < -0.3 is 5.32 Å². The van der Waals surface area contributed by atoms with E-state index in [2.05, 4.69) is 33.5 Å². The van der Waals surface area contributed by atoms with Gasteiger partial charge in [0.25, 0.3) is 0 Å². The molecule has 1 N–H and O–H groups in total. The van der Waals surface area contributed by atoms with Crippen molar-refractivity contribution >= 4 is 11.5 Å². The molecular formula is C12H11N3. The van der Waals surface area contributed by atoms with Crippen LogP contribution in [-0.2, 0) is 12.8 Å². The predicted molar refractivity (Wildman–Crippen MR) is 59.2 cm³/mol. The fourth-order valence-electron chi connectivity index (χ4n) is 1.90. The van der Waals surface area contributed by atoms with Gasteiger partial charge >= 0.3 is 0 Å². The van der Waals surface area contributed by atoms with E-state index < -0.39 is 0 Å². The maximum absolute atomic E-state index is 4.34. The molecule has 3 rings (SSSR count). The first-order valence-corrected chi connectivity index (χ1v) is 5.08. The Kier molecular flexibility index (Phi) is 1.88. The van der Waals surface area contributed by atoms with Gasteiger partial charge in [-0.05, 0) is 24.5 Å². The van der Waals surface area contributed by atoms with E-state index in [4.69, 9.17) is 0 Å². The van der Waals surface area contributed by atoms with E-state index in [1.54, 1.807) is 12.4 Å². The molecule has 0 unspecified atom stereocenters. The number of nitrogens with one attached hydrogen (secondary N) is 1. The Morgan fingerprint density at radius 3 is 2.87 bits per heavy atom. The second-order valence-electron chi connectivity index (χ2n) is 3.63.